The molecule has 0 aliphatic carbocycles. The Balaban J connectivity index is 1.52. The molecular weight excluding hydrogens is 318 g/mol. The highest BCUT2D eigenvalue weighted by Crippen LogP contribution is 2.25. The average molecular weight is 341 g/mol. The normalized spacial score (nSPS) is 27.1. The standard InChI is InChI=1S/C14H23N5O3S/c1-18-10-16-17-13(18)12-3-2-5-19(8-12)14(20)15-7-11-4-6-23(21,22)9-11/h10-12H,2-9H2,1H3,(H,15,20)/t11-,12-/m1/s1. The monoisotopic (exact) mass is 341 g/mol. The van der Waals surface area contributed by atoms with Gasteiger partial charge in [-0.3, -0.25) is 0 Å². The maximum Gasteiger partial charge on any atom is 0.317 e. The molecule has 2 saturated heterocycles. The molecule has 2 amide bonds. The molecular formula is C14H23N5O3S. The van der Waals surface area contributed by atoms with Crippen LogP contribution in [0.3, 0.4) is 0 Å². The zero-order chi connectivity index (χ0) is 16.4. The second-order valence-corrected chi connectivity index (χ2v) is 8.77. The van der Waals surface area contributed by atoms with E-state index in [2.05, 4.69) is 15.5 Å². The van der Waals surface area contributed by atoms with Crippen molar-refractivity contribution in [1.29, 1.82) is 0 Å². The second kappa shape index (κ2) is 6.46. The molecule has 0 aromatic carbocycles. The van der Waals surface area contributed by atoms with Gasteiger partial charge in [-0.15, -0.1) is 10.2 Å². The summed E-state index contributed by atoms with van der Waals surface area (Å²) in [6.45, 7) is 1.79. The number of carbonyl (C=O) groups excluding carboxylic acids is 1. The van der Waals surface area contributed by atoms with E-state index in [4.69, 9.17) is 0 Å². The summed E-state index contributed by atoms with van der Waals surface area (Å²) in [5.41, 5.74) is 0. The van der Waals surface area contributed by atoms with Crippen LogP contribution in [0.2, 0.25) is 0 Å². The third kappa shape index (κ3) is 3.82. The van der Waals surface area contributed by atoms with Crippen LogP contribution < -0.4 is 5.32 Å². The number of hydrogen-bond donors (Lipinski definition) is 1. The molecule has 1 N–H and O–H groups in total. The first-order chi connectivity index (χ1) is 10.9. The minimum absolute atomic E-state index is 0.0447. The van der Waals surface area contributed by atoms with Crippen molar-refractivity contribution < 1.29 is 13.2 Å². The van der Waals surface area contributed by atoms with Crippen LogP contribution in [0.5, 0.6) is 0 Å². The number of carbonyl (C=O) groups is 1. The highest BCUT2D eigenvalue weighted by molar-refractivity contribution is 7.91. The Labute approximate surface area is 136 Å². The van der Waals surface area contributed by atoms with E-state index in [0.717, 1.165) is 25.2 Å². The number of urea groups is 1. The van der Waals surface area contributed by atoms with E-state index in [0.29, 0.717) is 19.5 Å². The molecule has 9 heteroatoms. The van der Waals surface area contributed by atoms with E-state index in [1.807, 2.05) is 11.6 Å². The number of sulfone groups is 1. The van der Waals surface area contributed by atoms with Gasteiger partial charge in [-0.25, -0.2) is 13.2 Å². The van der Waals surface area contributed by atoms with Gasteiger partial charge in [-0.05, 0) is 25.2 Å². The second-order valence-electron chi connectivity index (χ2n) is 6.54. The molecule has 0 radical (unpaired) electrons. The lowest BCUT2D eigenvalue weighted by molar-refractivity contribution is 0.176. The minimum Gasteiger partial charge on any atom is -0.338 e. The molecule has 23 heavy (non-hydrogen) atoms. The number of aromatic nitrogens is 3. The van der Waals surface area contributed by atoms with Crippen LogP contribution >= 0.6 is 0 Å². The van der Waals surface area contributed by atoms with Gasteiger partial charge in [0.1, 0.15) is 12.2 Å². The van der Waals surface area contributed by atoms with Crippen molar-refractivity contribution in [3.8, 4) is 0 Å². The van der Waals surface area contributed by atoms with Crippen molar-refractivity contribution in [3.63, 3.8) is 0 Å². The van der Waals surface area contributed by atoms with Crippen molar-refractivity contribution >= 4 is 15.9 Å². The van der Waals surface area contributed by atoms with Gasteiger partial charge < -0.3 is 14.8 Å². The Morgan fingerprint density at radius 2 is 2.26 bits per heavy atom. The lowest BCUT2D eigenvalue weighted by Crippen LogP contribution is -2.46. The van der Waals surface area contributed by atoms with E-state index < -0.39 is 9.84 Å². The zero-order valence-electron chi connectivity index (χ0n) is 13.3. The van der Waals surface area contributed by atoms with Crippen molar-refractivity contribution in [2.24, 2.45) is 13.0 Å². The van der Waals surface area contributed by atoms with Crippen LogP contribution in [-0.4, -0.2) is 65.3 Å². The van der Waals surface area contributed by atoms with Crippen LogP contribution in [-0.2, 0) is 16.9 Å². The fourth-order valence-corrected chi connectivity index (χ4v) is 5.27. The summed E-state index contributed by atoms with van der Waals surface area (Å²) >= 11 is 0. The summed E-state index contributed by atoms with van der Waals surface area (Å²) in [4.78, 5) is 14.1. The molecule has 0 spiro atoms. The van der Waals surface area contributed by atoms with Gasteiger partial charge in [0, 0.05) is 32.6 Å². The van der Waals surface area contributed by atoms with Crippen LogP contribution in [0.4, 0.5) is 4.79 Å². The van der Waals surface area contributed by atoms with Gasteiger partial charge in [0.15, 0.2) is 9.84 Å². The van der Waals surface area contributed by atoms with Crippen molar-refractivity contribution in [2.75, 3.05) is 31.1 Å². The predicted octanol–water partition coefficient (Wildman–Crippen LogP) is 0.139. The quantitative estimate of drug-likeness (QED) is 0.843. The van der Waals surface area contributed by atoms with E-state index in [9.17, 15) is 13.2 Å². The average Bonchev–Trinajstić information content (AvgIpc) is 3.10. The summed E-state index contributed by atoms with van der Waals surface area (Å²) in [6, 6.07) is -0.110. The molecule has 2 atom stereocenters. The Kier molecular flexibility index (Phi) is 4.56. The number of nitrogens with one attached hydrogen (secondary N) is 1. The Morgan fingerprint density at radius 1 is 1.43 bits per heavy atom. The maximum absolute atomic E-state index is 12.3. The summed E-state index contributed by atoms with van der Waals surface area (Å²) < 4.78 is 24.8. The third-order valence-corrected chi connectivity index (χ3v) is 6.53. The Morgan fingerprint density at radius 3 is 2.91 bits per heavy atom. The summed E-state index contributed by atoms with van der Waals surface area (Å²) in [7, 11) is -0.983. The fraction of sp³-hybridized carbons (Fsp3) is 0.786. The van der Waals surface area contributed by atoms with Crippen LogP contribution in [0.15, 0.2) is 6.33 Å². The molecule has 1 aromatic heterocycles. The first-order valence-corrected chi connectivity index (χ1v) is 9.84. The molecule has 2 aliphatic heterocycles. The number of hydrogen-bond acceptors (Lipinski definition) is 5. The zero-order valence-corrected chi connectivity index (χ0v) is 14.1. The van der Waals surface area contributed by atoms with Crippen LogP contribution in [0.25, 0.3) is 0 Å². The van der Waals surface area contributed by atoms with E-state index in [1.54, 1.807) is 11.2 Å². The number of amides is 2. The highest BCUT2D eigenvalue weighted by atomic mass is 32.2. The molecule has 0 bridgehead atoms. The van der Waals surface area contributed by atoms with Gasteiger partial charge in [-0.1, -0.05) is 0 Å². The van der Waals surface area contributed by atoms with Gasteiger partial charge in [0.05, 0.1) is 11.5 Å². The van der Waals surface area contributed by atoms with E-state index >= 15 is 0 Å². The molecule has 2 aliphatic rings. The van der Waals surface area contributed by atoms with Crippen molar-refractivity contribution in [3.05, 3.63) is 12.2 Å². The number of piperidine rings is 1. The summed E-state index contributed by atoms with van der Waals surface area (Å²) in [5.74, 6) is 1.59. The first kappa shape index (κ1) is 16.2. The van der Waals surface area contributed by atoms with Gasteiger partial charge in [-0.2, -0.15) is 0 Å². The Bertz CT molecular complexity index is 672. The van der Waals surface area contributed by atoms with Gasteiger partial charge in [0.25, 0.3) is 0 Å². The molecule has 8 nitrogen and oxygen atoms in total. The number of rotatable bonds is 3. The summed E-state index contributed by atoms with van der Waals surface area (Å²) in [5, 5.41) is 10.9. The molecule has 2 fully saturated rings. The number of likely N-dealkylation sites (tertiary alicyclic amines) is 1. The predicted molar refractivity (Wildman–Crippen MR) is 84.7 cm³/mol. The molecule has 0 saturated carbocycles. The lowest BCUT2D eigenvalue weighted by Gasteiger charge is -2.32. The van der Waals surface area contributed by atoms with Crippen LogP contribution in [0, 0.1) is 5.92 Å². The molecule has 1 aromatic rings. The third-order valence-electron chi connectivity index (χ3n) is 4.69. The first-order valence-electron chi connectivity index (χ1n) is 8.02. The fourth-order valence-electron chi connectivity index (χ4n) is 3.41. The van der Waals surface area contributed by atoms with E-state index in [1.165, 1.54) is 0 Å². The van der Waals surface area contributed by atoms with Gasteiger partial charge in [0.2, 0.25) is 0 Å². The largest absolute Gasteiger partial charge is 0.338 e. The lowest BCUT2D eigenvalue weighted by atomic mass is 9.97. The Hall–Kier alpha value is -1.64. The molecule has 3 heterocycles. The molecule has 128 valence electrons. The highest BCUT2D eigenvalue weighted by Gasteiger charge is 2.30. The van der Waals surface area contributed by atoms with E-state index in [-0.39, 0.29) is 29.4 Å². The molecule has 3 rings (SSSR count). The topological polar surface area (TPSA) is 97.2 Å². The van der Waals surface area contributed by atoms with Crippen LogP contribution in [0.1, 0.15) is 31.0 Å². The maximum atomic E-state index is 12.3. The summed E-state index contributed by atoms with van der Waals surface area (Å²) in [6.07, 6.45) is 4.25. The van der Waals surface area contributed by atoms with Crippen molar-refractivity contribution in [1.82, 2.24) is 25.0 Å². The smallest absolute Gasteiger partial charge is 0.317 e. The molecule has 0 unspecified atom stereocenters. The van der Waals surface area contributed by atoms with Gasteiger partial charge >= 0.3 is 6.03 Å². The minimum atomic E-state index is -2.89. The number of nitrogens with zero attached hydrogens (tertiary/aromatic N) is 4. The SMILES string of the molecule is Cn1cnnc1[C@@H]1CCCN(C(=O)NC[C@H]2CCS(=O)(=O)C2)C1. The number of aryl methyl sites for hydroxylation is 1. The van der Waals surface area contributed by atoms with Crippen molar-refractivity contribution in [2.45, 2.75) is 25.2 Å².